The van der Waals surface area contributed by atoms with Crippen LogP contribution in [0.2, 0.25) is 5.02 Å². The molecule has 1 heterocycles. The Morgan fingerprint density at radius 3 is 2.56 bits per heavy atom. The fourth-order valence-corrected chi connectivity index (χ4v) is 2.92. The van der Waals surface area contributed by atoms with E-state index in [1.807, 2.05) is 19.0 Å². The molecule has 1 N–H and O–H groups in total. The van der Waals surface area contributed by atoms with Gasteiger partial charge in [0, 0.05) is 32.4 Å². The van der Waals surface area contributed by atoms with Crippen LogP contribution in [-0.2, 0) is 0 Å². The largest absolute Gasteiger partial charge is 0.375 e. The summed E-state index contributed by atoms with van der Waals surface area (Å²) < 4.78 is 1.48. The van der Waals surface area contributed by atoms with Crippen molar-refractivity contribution < 1.29 is 9.72 Å². The highest BCUT2D eigenvalue weighted by molar-refractivity contribution is 6.34. The molecule has 8 nitrogen and oxygen atoms in total. The first-order valence-corrected chi connectivity index (χ1v) is 8.31. The van der Waals surface area contributed by atoms with Gasteiger partial charge in [-0.3, -0.25) is 14.9 Å². The first-order valence-electron chi connectivity index (χ1n) is 7.93. The van der Waals surface area contributed by atoms with E-state index in [0.717, 1.165) is 0 Å². The number of non-ortho nitro benzene ring substituents is 1. The van der Waals surface area contributed by atoms with Crippen molar-refractivity contribution in [1.29, 1.82) is 0 Å². The lowest BCUT2D eigenvalue weighted by Gasteiger charge is -2.19. The normalized spacial score (nSPS) is 10.5. The minimum atomic E-state index is -0.473. The van der Waals surface area contributed by atoms with Crippen molar-refractivity contribution >= 4 is 34.6 Å². The van der Waals surface area contributed by atoms with Crippen molar-refractivity contribution in [3.05, 3.63) is 75.6 Å². The van der Waals surface area contributed by atoms with Crippen LogP contribution >= 0.6 is 11.6 Å². The van der Waals surface area contributed by atoms with Gasteiger partial charge in [0.25, 0.3) is 11.6 Å². The van der Waals surface area contributed by atoms with Gasteiger partial charge in [-0.1, -0.05) is 17.7 Å². The molecule has 0 unspecified atom stereocenters. The van der Waals surface area contributed by atoms with E-state index < -0.39 is 4.92 Å². The Kier molecular flexibility index (Phi) is 5.09. The second kappa shape index (κ2) is 7.46. The summed E-state index contributed by atoms with van der Waals surface area (Å²) in [5.74, 6) is -0.339. The van der Waals surface area contributed by atoms with Crippen LogP contribution in [0.15, 0.2) is 54.9 Å². The molecule has 9 heteroatoms. The lowest BCUT2D eigenvalue weighted by Crippen LogP contribution is -2.16. The Hall–Kier alpha value is -3.39. The summed E-state index contributed by atoms with van der Waals surface area (Å²) in [6.45, 7) is 0. The second-order valence-corrected chi connectivity index (χ2v) is 6.34. The summed E-state index contributed by atoms with van der Waals surface area (Å²) in [7, 11) is 3.67. The van der Waals surface area contributed by atoms with Crippen molar-refractivity contribution in [3.63, 3.8) is 0 Å². The van der Waals surface area contributed by atoms with Crippen molar-refractivity contribution in [3.8, 4) is 5.69 Å². The van der Waals surface area contributed by atoms with Gasteiger partial charge in [0.2, 0.25) is 0 Å². The monoisotopic (exact) mass is 385 g/mol. The number of carbonyl (C=O) groups is 1. The molecular weight excluding hydrogens is 370 g/mol. The molecule has 0 saturated heterocycles. The highest BCUT2D eigenvalue weighted by atomic mass is 35.5. The van der Waals surface area contributed by atoms with E-state index in [2.05, 4.69) is 10.4 Å². The molecule has 0 bridgehead atoms. The van der Waals surface area contributed by atoms with E-state index in [-0.39, 0.29) is 11.6 Å². The van der Waals surface area contributed by atoms with Gasteiger partial charge in [0.05, 0.1) is 38.8 Å². The van der Waals surface area contributed by atoms with Gasteiger partial charge >= 0.3 is 0 Å². The van der Waals surface area contributed by atoms with E-state index in [1.54, 1.807) is 36.5 Å². The third-order valence-corrected chi connectivity index (χ3v) is 4.16. The number of aromatic nitrogens is 2. The molecule has 0 fully saturated rings. The topological polar surface area (TPSA) is 93.3 Å². The van der Waals surface area contributed by atoms with Gasteiger partial charge in [-0.2, -0.15) is 5.10 Å². The Labute approximate surface area is 160 Å². The summed E-state index contributed by atoms with van der Waals surface area (Å²) >= 11 is 6.22. The zero-order valence-electron chi connectivity index (χ0n) is 14.6. The van der Waals surface area contributed by atoms with Gasteiger partial charge in [-0.15, -0.1) is 0 Å². The third kappa shape index (κ3) is 3.90. The molecule has 0 aliphatic carbocycles. The number of rotatable bonds is 5. The van der Waals surface area contributed by atoms with Crippen molar-refractivity contribution in [2.75, 3.05) is 24.3 Å². The fourth-order valence-electron chi connectivity index (χ4n) is 2.57. The maximum atomic E-state index is 12.6. The number of halogens is 1. The summed E-state index contributed by atoms with van der Waals surface area (Å²) in [5.41, 5.74) is 2.23. The van der Waals surface area contributed by atoms with Crippen molar-refractivity contribution in [2.45, 2.75) is 0 Å². The minimum Gasteiger partial charge on any atom is -0.375 e. The standard InChI is InChI=1S/C18H16ClN5O3/c1-22(2)17-15(19)4-3-5-16(17)21-18(25)12-10-20-23(11-12)13-6-8-14(9-7-13)24(26)27/h3-11H,1-2H3,(H,21,25). The van der Waals surface area contributed by atoms with E-state index in [4.69, 9.17) is 11.6 Å². The second-order valence-electron chi connectivity index (χ2n) is 5.93. The number of nitrogens with zero attached hydrogens (tertiary/aromatic N) is 4. The first kappa shape index (κ1) is 18.4. The van der Waals surface area contributed by atoms with Crippen LogP contribution < -0.4 is 10.2 Å². The molecule has 0 atom stereocenters. The quantitative estimate of drug-likeness (QED) is 0.533. The average Bonchev–Trinajstić information content (AvgIpc) is 3.11. The summed E-state index contributed by atoms with van der Waals surface area (Å²) in [6.07, 6.45) is 2.98. The molecule has 3 aromatic rings. The number of nitro benzene ring substituents is 1. The molecule has 1 amide bonds. The number of amides is 1. The first-order chi connectivity index (χ1) is 12.9. The number of nitro groups is 1. The van der Waals surface area contributed by atoms with Crippen LogP contribution in [0.3, 0.4) is 0 Å². The maximum absolute atomic E-state index is 12.6. The smallest absolute Gasteiger partial charge is 0.269 e. The molecule has 138 valence electrons. The van der Waals surface area contributed by atoms with Crippen LogP contribution in [0.5, 0.6) is 0 Å². The van der Waals surface area contributed by atoms with Gasteiger partial charge in [-0.25, -0.2) is 4.68 Å². The molecule has 3 rings (SSSR count). The number of carbonyl (C=O) groups excluding carboxylic acids is 1. The highest BCUT2D eigenvalue weighted by Gasteiger charge is 2.15. The van der Waals surface area contributed by atoms with Gasteiger partial charge in [0.1, 0.15) is 0 Å². The average molecular weight is 386 g/mol. The zero-order valence-corrected chi connectivity index (χ0v) is 15.3. The number of anilines is 2. The molecule has 2 aromatic carbocycles. The number of benzene rings is 2. The van der Waals surface area contributed by atoms with Crippen LogP contribution in [0.4, 0.5) is 17.1 Å². The fraction of sp³-hybridized carbons (Fsp3) is 0.111. The SMILES string of the molecule is CN(C)c1c(Cl)cccc1NC(=O)c1cnn(-c2ccc([N+](=O)[O-])cc2)c1. The Balaban J connectivity index is 1.82. The van der Waals surface area contributed by atoms with Gasteiger partial charge in [0.15, 0.2) is 0 Å². The molecule has 0 saturated carbocycles. The van der Waals surface area contributed by atoms with Crippen molar-refractivity contribution in [1.82, 2.24) is 9.78 Å². The summed E-state index contributed by atoms with van der Waals surface area (Å²) in [5, 5.41) is 18.2. The van der Waals surface area contributed by atoms with E-state index >= 15 is 0 Å². The number of para-hydroxylation sites is 1. The summed E-state index contributed by atoms with van der Waals surface area (Å²) in [6, 6.07) is 11.2. The maximum Gasteiger partial charge on any atom is 0.269 e. The zero-order chi connectivity index (χ0) is 19.6. The van der Waals surface area contributed by atoms with E-state index in [0.29, 0.717) is 27.6 Å². The molecular formula is C18H16ClN5O3. The molecule has 0 spiro atoms. The third-order valence-electron chi connectivity index (χ3n) is 3.85. The number of hydrogen-bond acceptors (Lipinski definition) is 5. The number of hydrogen-bond donors (Lipinski definition) is 1. The predicted molar refractivity (Wildman–Crippen MR) is 104 cm³/mol. The Bertz CT molecular complexity index is 998. The molecule has 27 heavy (non-hydrogen) atoms. The predicted octanol–water partition coefficient (Wildman–Crippen LogP) is 3.75. The molecule has 1 aromatic heterocycles. The molecule has 0 radical (unpaired) electrons. The Morgan fingerprint density at radius 1 is 1.22 bits per heavy atom. The van der Waals surface area contributed by atoms with Crippen LogP contribution in [-0.4, -0.2) is 34.7 Å². The minimum absolute atomic E-state index is 0.0129. The number of nitrogens with one attached hydrogen (secondary N) is 1. The van der Waals surface area contributed by atoms with Crippen LogP contribution in [0.1, 0.15) is 10.4 Å². The van der Waals surface area contributed by atoms with E-state index in [9.17, 15) is 14.9 Å². The molecule has 0 aliphatic heterocycles. The summed E-state index contributed by atoms with van der Waals surface area (Å²) in [4.78, 5) is 24.6. The lowest BCUT2D eigenvalue weighted by atomic mass is 10.2. The van der Waals surface area contributed by atoms with Crippen LogP contribution in [0, 0.1) is 10.1 Å². The van der Waals surface area contributed by atoms with E-state index in [1.165, 1.54) is 23.0 Å². The van der Waals surface area contributed by atoms with Gasteiger partial charge < -0.3 is 10.2 Å². The highest BCUT2D eigenvalue weighted by Crippen LogP contribution is 2.32. The lowest BCUT2D eigenvalue weighted by molar-refractivity contribution is -0.384. The van der Waals surface area contributed by atoms with Crippen LogP contribution in [0.25, 0.3) is 5.69 Å². The molecule has 0 aliphatic rings. The van der Waals surface area contributed by atoms with Gasteiger partial charge in [-0.05, 0) is 24.3 Å². The van der Waals surface area contributed by atoms with Crippen molar-refractivity contribution in [2.24, 2.45) is 0 Å². The Morgan fingerprint density at radius 2 is 1.93 bits per heavy atom.